The van der Waals surface area contributed by atoms with E-state index in [1.54, 1.807) is 14.0 Å². The molecule has 2 aromatic heterocycles. The first-order valence-electron chi connectivity index (χ1n) is 12.4. The van der Waals surface area contributed by atoms with E-state index in [2.05, 4.69) is 27.1 Å². The van der Waals surface area contributed by atoms with Gasteiger partial charge in [0.05, 0.1) is 16.7 Å². The second-order valence-corrected chi connectivity index (χ2v) is 10.6. The molecule has 0 radical (unpaired) electrons. The minimum Gasteiger partial charge on any atom is -0.434 e. The first-order valence-corrected chi connectivity index (χ1v) is 13.0. The third kappa shape index (κ3) is 8.54. The normalized spacial score (nSPS) is 17.8. The Morgan fingerprint density at radius 2 is 1.79 bits per heavy atom. The quantitative estimate of drug-likeness (QED) is 0.419. The summed E-state index contributed by atoms with van der Waals surface area (Å²) in [4.78, 5) is 17.0. The highest BCUT2D eigenvalue weighted by molar-refractivity contribution is 7.51. The number of rotatable bonds is 8. The molecule has 0 spiro atoms. The lowest BCUT2D eigenvalue weighted by atomic mass is 9.83. The van der Waals surface area contributed by atoms with E-state index in [1.807, 2.05) is 0 Å². The van der Waals surface area contributed by atoms with Crippen molar-refractivity contribution in [1.82, 2.24) is 20.1 Å². The van der Waals surface area contributed by atoms with Crippen LogP contribution in [0.15, 0.2) is 12.3 Å². The van der Waals surface area contributed by atoms with Gasteiger partial charge < -0.3 is 10.1 Å². The number of ether oxygens (including phenoxy) is 1. The predicted molar refractivity (Wildman–Crippen MR) is 134 cm³/mol. The number of aromatic nitrogens is 3. The molecule has 2 heterocycles. The van der Waals surface area contributed by atoms with Crippen LogP contribution in [0.25, 0.3) is 11.3 Å². The van der Waals surface area contributed by atoms with Crippen molar-refractivity contribution in [2.75, 3.05) is 6.54 Å². The molecule has 1 N–H and O–H groups in total. The average molecular weight is 581 g/mol. The third-order valence-electron chi connectivity index (χ3n) is 6.97. The summed E-state index contributed by atoms with van der Waals surface area (Å²) in [6, 6.07) is 1.09. The highest BCUT2D eigenvalue weighted by Crippen LogP contribution is 2.41. The van der Waals surface area contributed by atoms with Crippen molar-refractivity contribution < 1.29 is 39.9 Å². The maximum atomic E-state index is 13.3. The molecule has 0 unspecified atom stereocenters. The molecule has 1 fully saturated rings. The number of nitrogens with one attached hydrogen (secondary N) is 1. The lowest BCUT2D eigenvalue weighted by molar-refractivity contribution is -0.211. The van der Waals surface area contributed by atoms with E-state index in [-0.39, 0.29) is 28.6 Å². The second kappa shape index (κ2) is 13.4. The Morgan fingerprint density at radius 3 is 2.33 bits per heavy atom. The van der Waals surface area contributed by atoms with Crippen LogP contribution in [0.1, 0.15) is 68.2 Å². The van der Waals surface area contributed by atoms with Gasteiger partial charge in [0, 0.05) is 43.5 Å². The summed E-state index contributed by atoms with van der Waals surface area (Å²) in [5.74, 6) is 0.391. The molecule has 14 heteroatoms. The highest BCUT2D eigenvalue weighted by Gasteiger charge is 2.47. The van der Waals surface area contributed by atoms with Crippen molar-refractivity contribution >= 4 is 17.5 Å². The van der Waals surface area contributed by atoms with Crippen LogP contribution < -0.4 is 10.1 Å². The lowest BCUT2D eigenvalue weighted by Gasteiger charge is -2.27. The van der Waals surface area contributed by atoms with E-state index in [0.717, 1.165) is 45.6 Å². The summed E-state index contributed by atoms with van der Waals surface area (Å²) >= 11 is -0.750. The molecule has 0 bridgehead atoms. The zero-order valence-corrected chi connectivity index (χ0v) is 23.2. The predicted octanol–water partition coefficient (Wildman–Crippen LogP) is 5.41. The van der Waals surface area contributed by atoms with Gasteiger partial charge in [-0.2, -0.15) is 35.5 Å². The monoisotopic (exact) mass is 580 g/mol. The molecule has 0 saturated heterocycles. The molecular formula is C25H33F5N4O4S. The summed E-state index contributed by atoms with van der Waals surface area (Å²) in [5.41, 5.74) is -1.17. The van der Waals surface area contributed by atoms with Gasteiger partial charge in [0.25, 0.3) is 5.91 Å². The molecule has 1 saturated carbocycles. The first-order chi connectivity index (χ1) is 18.1. The van der Waals surface area contributed by atoms with Gasteiger partial charge >= 0.3 is 24.4 Å². The molecule has 0 atom stereocenters. The average Bonchev–Trinajstić information content (AvgIpc) is 3.12. The summed E-state index contributed by atoms with van der Waals surface area (Å²) in [6.07, 6.45) is 0.514. The van der Waals surface area contributed by atoms with Crippen molar-refractivity contribution in [2.45, 2.75) is 72.6 Å². The topological polar surface area (TPSA) is 103 Å². The van der Waals surface area contributed by atoms with Gasteiger partial charge in [-0.1, -0.05) is 33.6 Å². The lowest BCUT2D eigenvalue weighted by Crippen LogP contribution is -2.34. The number of alkyl halides is 5. The molecule has 1 aliphatic carbocycles. The number of carbonyl (C=O) groups excluding carboxylic acids is 1. The van der Waals surface area contributed by atoms with Crippen LogP contribution in [0, 0.1) is 24.2 Å². The van der Waals surface area contributed by atoms with E-state index in [9.17, 15) is 26.7 Å². The molecule has 218 valence electrons. The number of nitrogens with zero attached hydrogens (tertiary/aromatic N) is 3. The molecule has 1 aliphatic rings. The minimum atomic E-state index is -4.51. The number of pyridine rings is 1. The van der Waals surface area contributed by atoms with Crippen LogP contribution in [-0.2, 0) is 25.0 Å². The van der Waals surface area contributed by atoms with Gasteiger partial charge in [-0.25, -0.2) is 0 Å². The van der Waals surface area contributed by atoms with E-state index in [1.165, 1.54) is 10.9 Å². The van der Waals surface area contributed by atoms with Crippen LogP contribution in [-0.4, -0.2) is 48.4 Å². The Bertz CT molecular complexity index is 1170. The number of halogens is 5. The zero-order chi connectivity index (χ0) is 29.5. The Morgan fingerprint density at radius 1 is 1.21 bits per heavy atom. The second-order valence-electron chi connectivity index (χ2n) is 10.5. The third-order valence-corrected chi connectivity index (χ3v) is 6.97. The molecule has 39 heavy (non-hydrogen) atoms. The van der Waals surface area contributed by atoms with Gasteiger partial charge in [-0.3, -0.25) is 14.5 Å². The van der Waals surface area contributed by atoms with E-state index in [0.29, 0.717) is 29.6 Å². The summed E-state index contributed by atoms with van der Waals surface area (Å²) in [5, 5.41) is 7.21. The fourth-order valence-corrected chi connectivity index (χ4v) is 4.57. The van der Waals surface area contributed by atoms with E-state index >= 15 is 0 Å². The molecular weight excluding hydrogens is 547 g/mol. The Labute approximate surface area is 227 Å². The Hall–Kier alpha value is -2.90. The van der Waals surface area contributed by atoms with Gasteiger partial charge in [0.1, 0.15) is 5.75 Å². The number of hydrogen-bond acceptors (Lipinski definition) is 6. The largest absolute Gasteiger partial charge is 0.434 e. The van der Waals surface area contributed by atoms with Crippen LogP contribution >= 0.6 is 0 Å². The van der Waals surface area contributed by atoms with Crippen molar-refractivity contribution in [1.29, 1.82) is 0 Å². The van der Waals surface area contributed by atoms with Crippen molar-refractivity contribution in [3.05, 3.63) is 29.2 Å². The van der Waals surface area contributed by atoms with Gasteiger partial charge in [-0.05, 0) is 31.6 Å². The van der Waals surface area contributed by atoms with Crippen molar-refractivity contribution in [3.63, 3.8) is 0 Å². The fourth-order valence-electron chi connectivity index (χ4n) is 4.57. The maximum Gasteiger partial charge on any atom is 0.394 e. The molecule has 8 nitrogen and oxygen atoms in total. The standard InChI is InChI=1S/C25H33F5N4O2.O2S/c1-14-6-8-16(9-7-14)12-32-22(35)20-15(2)21(34(5)33-20)18-13-31-17(10-19(18)36-23(26)27)11-24(3,4)25(28,29)30;1-3-2/h10,13-14,16,23H,6-9,11-12H2,1-5H3,(H,32,35);. The Balaban J connectivity index is 0.00000170. The number of carbonyl (C=O) groups is 1. The van der Waals surface area contributed by atoms with Crippen LogP contribution in [0.3, 0.4) is 0 Å². The smallest absolute Gasteiger partial charge is 0.394 e. The first kappa shape index (κ1) is 32.3. The molecule has 0 aromatic carbocycles. The number of hydrogen-bond donors (Lipinski definition) is 1. The summed E-state index contributed by atoms with van der Waals surface area (Å²) in [6.45, 7) is 3.21. The van der Waals surface area contributed by atoms with E-state index < -0.39 is 36.2 Å². The van der Waals surface area contributed by atoms with Crippen LogP contribution in [0.2, 0.25) is 0 Å². The van der Waals surface area contributed by atoms with Gasteiger partial charge in [-0.15, -0.1) is 0 Å². The zero-order valence-electron chi connectivity index (χ0n) is 22.4. The van der Waals surface area contributed by atoms with Gasteiger partial charge in [0.2, 0.25) is 0 Å². The maximum absolute atomic E-state index is 13.3. The number of aryl methyl sites for hydroxylation is 1. The summed E-state index contributed by atoms with van der Waals surface area (Å²) in [7, 11) is 1.55. The fraction of sp³-hybridized carbons (Fsp3) is 0.640. The van der Waals surface area contributed by atoms with Crippen LogP contribution in [0.5, 0.6) is 5.75 Å². The molecule has 2 aromatic rings. The molecule has 1 amide bonds. The highest BCUT2D eigenvalue weighted by atomic mass is 32.1. The Kier molecular flexibility index (Phi) is 11.1. The summed E-state index contributed by atoms with van der Waals surface area (Å²) < 4.78 is 89.0. The SMILES string of the molecule is Cc1c(C(=O)NCC2CCC(C)CC2)nn(C)c1-c1cnc(CC(C)(C)C(F)(F)F)cc1OC(F)F.O=S=O. The number of amides is 1. The minimum absolute atomic E-state index is 0.0451. The van der Waals surface area contributed by atoms with Gasteiger partial charge in [0.15, 0.2) is 5.69 Å². The van der Waals surface area contributed by atoms with Crippen LogP contribution in [0.4, 0.5) is 22.0 Å². The van der Waals surface area contributed by atoms with Crippen molar-refractivity contribution in [3.8, 4) is 17.0 Å². The van der Waals surface area contributed by atoms with E-state index in [4.69, 9.17) is 8.42 Å². The molecule has 0 aliphatic heterocycles. The van der Waals surface area contributed by atoms with Crippen molar-refractivity contribution in [2.24, 2.45) is 24.3 Å². The molecule has 3 rings (SSSR count).